The zero-order chi connectivity index (χ0) is 21.5. The summed E-state index contributed by atoms with van der Waals surface area (Å²) in [6, 6.07) is 7.72. The van der Waals surface area contributed by atoms with Gasteiger partial charge in [-0.15, -0.1) is 0 Å². The molecule has 154 valence electrons. The topological polar surface area (TPSA) is 37.6 Å². The molecule has 7 heteroatoms. The highest BCUT2D eigenvalue weighted by Gasteiger charge is 2.35. The molecule has 1 fully saturated rings. The van der Waals surface area contributed by atoms with Crippen LogP contribution in [0.25, 0.3) is 11.8 Å². The van der Waals surface area contributed by atoms with E-state index in [1.54, 1.807) is 11.0 Å². The highest BCUT2D eigenvalue weighted by atomic mass is 35.5. The second-order valence-electron chi connectivity index (χ2n) is 7.64. The van der Waals surface area contributed by atoms with E-state index in [0.29, 0.717) is 15.0 Å². The minimum atomic E-state index is -0.00118. The largest absolute Gasteiger partial charge is 0.316 e. The Labute approximate surface area is 186 Å². The normalized spacial score (nSPS) is 17.6. The molecule has 2 aromatic rings. The first kappa shape index (κ1) is 22.0. The lowest BCUT2D eigenvalue weighted by Crippen LogP contribution is -2.35. The van der Waals surface area contributed by atoms with Crippen LogP contribution in [0.2, 0.25) is 10.0 Å². The molecule has 29 heavy (non-hydrogen) atoms. The quantitative estimate of drug-likeness (QED) is 0.500. The molecule has 2 heterocycles. The average Bonchev–Trinajstić information content (AvgIpc) is 3.04. The van der Waals surface area contributed by atoms with Gasteiger partial charge in [-0.1, -0.05) is 23.2 Å². The summed E-state index contributed by atoms with van der Waals surface area (Å²) in [4.78, 5) is 20.1. The van der Waals surface area contributed by atoms with Crippen LogP contribution in [-0.2, 0) is 4.79 Å². The Kier molecular flexibility index (Phi) is 6.51. The maximum atomic E-state index is 13.0. The van der Waals surface area contributed by atoms with E-state index in [2.05, 4.69) is 15.6 Å². The van der Waals surface area contributed by atoms with Crippen molar-refractivity contribution >= 4 is 52.1 Å². The van der Waals surface area contributed by atoms with E-state index in [0.717, 1.165) is 27.8 Å². The number of thioether (sulfide) groups is 1. The summed E-state index contributed by atoms with van der Waals surface area (Å²) >= 11 is 13.9. The Morgan fingerprint density at radius 1 is 1.10 bits per heavy atom. The van der Waals surface area contributed by atoms with E-state index >= 15 is 0 Å². The minimum Gasteiger partial charge on any atom is -0.316 e. The summed E-state index contributed by atoms with van der Waals surface area (Å²) in [5, 5.41) is 1.95. The number of amidine groups is 1. The molecule has 0 spiro atoms. The predicted octanol–water partition coefficient (Wildman–Crippen LogP) is 6.49. The number of amides is 1. The average molecular weight is 450 g/mol. The Balaban J connectivity index is 2.05. The molecule has 0 aliphatic carbocycles. The van der Waals surface area contributed by atoms with Gasteiger partial charge in [0.15, 0.2) is 5.17 Å². The molecule has 0 N–H and O–H groups in total. The third-order valence-electron chi connectivity index (χ3n) is 4.63. The van der Waals surface area contributed by atoms with Crippen molar-refractivity contribution in [1.29, 1.82) is 0 Å². The molecule has 0 unspecified atom stereocenters. The van der Waals surface area contributed by atoms with Gasteiger partial charge in [0.05, 0.1) is 15.6 Å². The van der Waals surface area contributed by atoms with E-state index in [1.807, 2.05) is 59.8 Å². The van der Waals surface area contributed by atoms with Crippen LogP contribution >= 0.6 is 35.0 Å². The molecule has 0 bridgehead atoms. The molecular formula is C22H25Cl2N3OS. The number of hydrogen-bond donors (Lipinski definition) is 0. The van der Waals surface area contributed by atoms with Gasteiger partial charge in [-0.05, 0) is 89.2 Å². The van der Waals surface area contributed by atoms with Gasteiger partial charge in [-0.2, -0.15) is 0 Å². The van der Waals surface area contributed by atoms with Gasteiger partial charge in [0, 0.05) is 28.5 Å². The van der Waals surface area contributed by atoms with Crippen molar-refractivity contribution in [3.8, 4) is 5.69 Å². The third-order valence-corrected chi connectivity index (χ3v) is 6.16. The molecule has 1 aliphatic rings. The van der Waals surface area contributed by atoms with Crippen molar-refractivity contribution in [2.45, 2.75) is 53.6 Å². The van der Waals surface area contributed by atoms with Gasteiger partial charge in [-0.25, -0.2) is 0 Å². The van der Waals surface area contributed by atoms with E-state index in [9.17, 15) is 4.79 Å². The molecule has 0 saturated carbocycles. The summed E-state index contributed by atoms with van der Waals surface area (Å²) in [5.41, 5.74) is 3.90. The summed E-state index contributed by atoms with van der Waals surface area (Å²) in [6.45, 7) is 12.1. The van der Waals surface area contributed by atoms with Crippen LogP contribution in [0.3, 0.4) is 0 Å². The Morgan fingerprint density at radius 2 is 1.79 bits per heavy atom. The van der Waals surface area contributed by atoms with E-state index in [-0.39, 0.29) is 18.0 Å². The number of carbonyl (C=O) groups excluding carboxylic acids is 1. The van der Waals surface area contributed by atoms with Gasteiger partial charge >= 0.3 is 0 Å². The number of aryl methyl sites for hydroxylation is 1. The second kappa shape index (κ2) is 8.58. The molecule has 1 saturated heterocycles. The van der Waals surface area contributed by atoms with Crippen LogP contribution in [0.5, 0.6) is 0 Å². The first-order valence-electron chi connectivity index (χ1n) is 9.55. The molecule has 1 amide bonds. The molecule has 3 rings (SSSR count). The van der Waals surface area contributed by atoms with E-state index < -0.39 is 0 Å². The summed E-state index contributed by atoms with van der Waals surface area (Å²) in [7, 11) is 0. The molecule has 1 aromatic heterocycles. The monoisotopic (exact) mass is 449 g/mol. The fourth-order valence-electron chi connectivity index (χ4n) is 3.36. The Hall–Kier alpha value is -1.69. The van der Waals surface area contributed by atoms with Crippen LogP contribution in [0.15, 0.2) is 34.2 Å². The van der Waals surface area contributed by atoms with Gasteiger partial charge in [0.1, 0.15) is 0 Å². The van der Waals surface area contributed by atoms with Crippen LogP contribution in [-0.4, -0.2) is 32.6 Å². The van der Waals surface area contributed by atoms with Crippen molar-refractivity contribution in [2.75, 3.05) is 0 Å². The molecule has 1 aromatic carbocycles. The van der Waals surface area contributed by atoms with E-state index in [4.69, 9.17) is 23.2 Å². The number of hydrogen-bond acceptors (Lipinski definition) is 3. The second-order valence-corrected chi connectivity index (χ2v) is 9.50. The molecule has 4 nitrogen and oxygen atoms in total. The highest BCUT2D eigenvalue weighted by Crippen LogP contribution is 2.36. The number of nitrogens with zero attached hydrogens (tertiary/aromatic N) is 3. The molecular weight excluding hydrogens is 425 g/mol. The minimum absolute atomic E-state index is 0.00118. The Morgan fingerprint density at radius 3 is 2.38 bits per heavy atom. The standard InChI is InChI=1S/C22H25Cl2N3OS/c1-12(2)25-22-26(13(3)4)21(28)20(29-22)10-16-9-14(5)27(15(16)6)19-8-7-17(23)11-18(19)24/h7-13H,1-6H3/b20-10+,25-22?. The van der Waals surface area contributed by atoms with Crippen molar-refractivity contribution in [1.82, 2.24) is 9.47 Å². The number of aromatic nitrogens is 1. The smallest absolute Gasteiger partial charge is 0.266 e. The van der Waals surface area contributed by atoms with Crippen LogP contribution < -0.4 is 0 Å². The fourth-order valence-corrected chi connectivity index (χ4v) is 5.08. The molecule has 1 aliphatic heterocycles. The van der Waals surface area contributed by atoms with Crippen molar-refractivity contribution < 1.29 is 4.79 Å². The molecule has 0 atom stereocenters. The summed E-state index contributed by atoms with van der Waals surface area (Å²) in [6.07, 6.45) is 1.95. The summed E-state index contributed by atoms with van der Waals surface area (Å²) in [5.74, 6) is -0.00118. The third kappa shape index (κ3) is 4.42. The lowest BCUT2D eigenvalue weighted by molar-refractivity contribution is -0.123. The number of halogens is 2. The predicted molar refractivity (Wildman–Crippen MR) is 125 cm³/mol. The Bertz CT molecular complexity index is 1020. The van der Waals surface area contributed by atoms with Gasteiger partial charge in [0.25, 0.3) is 5.91 Å². The van der Waals surface area contributed by atoms with Crippen molar-refractivity contribution in [2.24, 2.45) is 4.99 Å². The lowest BCUT2D eigenvalue weighted by Gasteiger charge is -2.20. The number of aliphatic imine (C=N–C) groups is 1. The van der Waals surface area contributed by atoms with Gasteiger partial charge < -0.3 is 4.57 Å². The van der Waals surface area contributed by atoms with Crippen molar-refractivity contribution in [3.05, 3.63) is 56.2 Å². The van der Waals surface area contributed by atoms with Crippen LogP contribution in [0.4, 0.5) is 0 Å². The number of benzene rings is 1. The number of carbonyl (C=O) groups is 1. The number of rotatable bonds is 4. The van der Waals surface area contributed by atoms with Crippen LogP contribution in [0.1, 0.15) is 44.6 Å². The highest BCUT2D eigenvalue weighted by molar-refractivity contribution is 8.18. The van der Waals surface area contributed by atoms with Gasteiger partial charge in [0.2, 0.25) is 0 Å². The molecule has 0 radical (unpaired) electrons. The van der Waals surface area contributed by atoms with Gasteiger partial charge in [-0.3, -0.25) is 14.7 Å². The first-order chi connectivity index (χ1) is 13.6. The van der Waals surface area contributed by atoms with E-state index in [1.165, 1.54) is 11.8 Å². The maximum absolute atomic E-state index is 13.0. The SMILES string of the molecule is Cc1cc(/C=C2/SC(=NC(C)C)N(C(C)C)C2=O)c(C)n1-c1ccc(Cl)cc1Cl. The maximum Gasteiger partial charge on any atom is 0.266 e. The first-order valence-corrected chi connectivity index (χ1v) is 11.1. The fraction of sp³-hybridized carbons (Fsp3) is 0.364. The summed E-state index contributed by atoms with van der Waals surface area (Å²) < 4.78 is 2.08. The van der Waals surface area contributed by atoms with Crippen LogP contribution in [0, 0.1) is 13.8 Å². The zero-order valence-electron chi connectivity index (χ0n) is 17.5. The zero-order valence-corrected chi connectivity index (χ0v) is 19.8. The lowest BCUT2D eigenvalue weighted by atomic mass is 10.2. The van der Waals surface area contributed by atoms with Crippen molar-refractivity contribution in [3.63, 3.8) is 0 Å².